The number of halogens is 2. The first kappa shape index (κ1) is 21.0. The molecule has 31 heavy (non-hydrogen) atoms. The Hall–Kier alpha value is -1.83. The second kappa shape index (κ2) is 7.94. The first-order valence-electron chi connectivity index (χ1n) is 10.6. The van der Waals surface area contributed by atoms with Crippen LogP contribution in [0.4, 0.5) is 11.5 Å². The Morgan fingerprint density at radius 3 is 2.16 bits per heavy atom. The van der Waals surface area contributed by atoms with Gasteiger partial charge in [-0.3, -0.25) is 4.79 Å². The standard InChI is InChI=1S/C22H23Cl2N3O3S/c23-15-9-16(24)11-17(10-15)26-21-20-14-3-1-13(2-4-14)19(20)18(12-25-21)22(28)27-5-7-31(29,30)8-6-27/h9-14H,1-8H2,(H,25,26). The number of rotatable bonds is 3. The molecule has 2 fully saturated rings. The largest absolute Gasteiger partial charge is 0.340 e. The van der Waals surface area contributed by atoms with E-state index in [1.165, 1.54) is 0 Å². The van der Waals surface area contributed by atoms with Crippen molar-refractivity contribution in [1.82, 2.24) is 9.88 Å². The Morgan fingerprint density at radius 1 is 0.968 bits per heavy atom. The summed E-state index contributed by atoms with van der Waals surface area (Å²) in [6.45, 7) is 0.482. The molecule has 1 saturated heterocycles. The number of carbonyl (C=O) groups excluding carboxylic acids is 1. The predicted molar refractivity (Wildman–Crippen MR) is 122 cm³/mol. The molecule has 3 aliphatic carbocycles. The summed E-state index contributed by atoms with van der Waals surface area (Å²) in [7, 11) is -3.05. The molecule has 4 aliphatic rings. The summed E-state index contributed by atoms with van der Waals surface area (Å²) in [6, 6.07) is 5.28. The van der Waals surface area contributed by atoms with Gasteiger partial charge in [0.15, 0.2) is 9.84 Å². The van der Waals surface area contributed by atoms with Gasteiger partial charge in [0.1, 0.15) is 5.82 Å². The Bertz CT molecular complexity index is 1130. The van der Waals surface area contributed by atoms with Gasteiger partial charge in [0.2, 0.25) is 0 Å². The molecule has 0 spiro atoms. The van der Waals surface area contributed by atoms with Crippen molar-refractivity contribution in [2.24, 2.45) is 0 Å². The second-order valence-corrected chi connectivity index (χ2v) is 11.8. The van der Waals surface area contributed by atoms with Crippen LogP contribution in [0.3, 0.4) is 0 Å². The Labute approximate surface area is 191 Å². The minimum absolute atomic E-state index is 0.0234. The van der Waals surface area contributed by atoms with Crippen LogP contribution in [0.1, 0.15) is 59.0 Å². The van der Waals surface area contributed by atoms with E-state index in [0.717, 1.165) is 48.3 Å². The second-order valence-electron chi connectivity index (χ2n) is 8.62. The van der Waals surface area contributed by atoms with Gasteiger partial charge in [-0.25, -0.2) is 13.4 Å². The highest BCUT2D eigenvalue weighted by atomic mass is 35.5. The molecule has 0 atom stereocenters. The molecule has 1 saturated carbocycles. The van der Waals surface area contributed by atoms with Crippen molar-refractivity contribution in [1.29, 1.82) is 0 Å². The van der Waals surface area contributed by atoms with E-state index in [2.05, 4.69) is 10.3 Å². The molecule has 6 rings (SSSR count). The lowest BCUT2D eigenvalue weighted by atomic mass is 9.66. The maximum Gasteiger partial charge on any atom is 0.255 e. The number of hydrogen-bond donors (Lipinski definition) is 1. The van der Waals surface area contributed by atoms with Gasteiger partial charge in [0.05, 0.1) is 17.1 Å². The quantitative estimate of drug-likeness (QED) is 0.686. The molecular weight excluding hydrogens is 457 g/mol. The van der Waals surface area contributed by atoms with E-state index in [1.807, 2.05) is 0 Å². The lowest BCUT2D eigenvalue weighted by Gasteiger charge is -2.40. The normalized spacial score (nSPS) is 24.0. The molecule has 1 aromatic carbocycles. The molecule has 2 bridgehead atoms. The third-order valence-electron chi connectivity index (χ3n) is 6.69. The number of hydrogen-bond acceptors (Lipinski definition) is 5. The summed E-state index contributed by atoms with van der Waals surface area (Å²) >= 11 is 12.3. The molecule has 164 valence electrons. The molecule has 0 radical (unpaired) electrons. The topological polar surface area (TPSA) is 79.4 Å². The molecule has 2 aromatic rings. The van der Waals surface area contributed by atoms with Crippen molar-refractivity contribution < 1.29 is 13.2 Å². The van der Waals surface area contributed by atoms with Crippen LogP contribution in [0.5, 0.6) is 0 Å². The number of benzene rings is 1. The van der Waals surface area contributed by atoms with Gasteiger partial charge in [-0.2, -0.15) is 0 Å². The summed E-state index contributed by atoms with van der Waals surface area (Å²) in [5.41, 5.74) is 3.59. The molecule has 1 amide bonds. The maximum absolute atomic E-state index is 13.4. The van der Waals surface area contributed by atoms with Crippen LogP contribution < -0.4 is 5.32 Å². The SMILES string of the molecule is O=C(c1cnc(Nc2cc(Cl)cc(Cl)c2)c2c1C1CCC2CC1)N1CCS(=O)(=O)CC1. The van der Waals surface area contributed by atoms with E-state index in [-0.39, 0.29) is 30.5 Å². The van der Waals surface area contributed by atoms with Gasteiger partial charge in [-0.1, -0.05) is 23.2 Å². The van der Waals surface area contributed by atoms with Crippen LogP contribution in [-0.4, -0.2) is 48.8 Å². The highest BCUT2D eigenvalue weighted by Crippen LogP contribution is 2.52. The highest BCUT2D eigenvalue weighted by molar-refractivity contribution is 7.91. The average molecular weight is 480 g/mol. The van der Waals surface area contributed by atoms with Crippen LogP contribution >= 0.6 is 23.2 Å². The lowest BCUT2D eigenvalue weighted by Crippen LogP contribution is -2.44. The molecule has 9 heteroatoms. The Balaban J connectivity index is 1.53. The van der Waals surface area contributed by atoms with Crippen molar-refractivity contribution >= 4 is 50.5 Å². The molecule has 1 N–H and O–H groups in total. The lowest BCUT2D eigenvalue weighted by molar-refractivity contribution is 0.0767. The van der Waals surface area contributed by atoms with Crippen LogP contribution in [-0.2, 0) is 9.84 Å². The predicted octanol–water partition coefficient (Wildman–Crippen LogP) is 4.76. The number of pyridine rings is 1. The van der Waals surface area contributed by atoms with Gasteiger partial charge in [-0.15, -0.1) is 0 Å². The molecule has 0 unspecified atom stereocenters. The summed E-state index contributed by atoms with van der Waals surface area (Å²) in [4.78, 5) is 19.7. The summed E-state index contributed by atoms with van der Waals surface area (Å²) in [5, 5.41) is 4.45. The number of fused-ring (bicyclic) bond motifs is 2. The first-order valence-corrected chi connectivity index (χ1v) is 13.1. The monoisotopic (exact) mass is 479 g/mol. The van der Waals surface area contributed by atoms with E-state index in [1.54, 1.807) is 29.3 Å². The molecule has 1 aromatic heterocycles. The van der Waals surface area contributed by atoms with E-state index >= 15 is 0 Å². The minimum Gasteiger partial charge on any atom is -0.340 e. The highest BCUT2D eigenvalue weighted by Gasteiger charge is 2.39. The third-order valence-corrected chi connectivity index (χ3v) is 8.73. The fourth-order valence-electron chi connectivity index (χ4n) is 5.18. The molecular formula is C22H23Cl2N3O3S. The number of sulfone groups is 1. The van der Waals surface area contributed by atoms with Gasteiger partial charge in [0.25, 0.3) is 5.91 Å². The molecule has 6 nitrogen and oxygen atoms in total. The Kier molecular flexibility index (Phi) is 5.39. The van der Waals surface area contributed by atoms with Crippen molar-refractivity contribution in [3.05, 3.63) is 51.1 Å². The van der Waals surface area contributed by atoms with E-state index < -0.39 is 9.84 Å². The number of aromatic nitrogens is 1. The zero-order chi connectivity index (χ0) is 21.8. The number of amides is 1. The first-order chi connectivity index (χ1) is 14.8. The van der Waals surface area contributed by atoms with Crippen LogP contribution in [0.2, 0.25) is 10.0 Å². The molecule has 2 heterocycles. The fraction of sp³-hybridized carbons (Fsp3) is 0.455. The number of carbonyl (C=O) groups is 1. The maximum atomic E-state index is 13.4. The van der Waals surface area contributed by atoms with Gasteiger partial charge < -0.3 is 10.2 Å². The van der Waals surface area contributed by atoms with E-state index in [0.29, 0.717) is 27.4 Å². The van der Waals surface area contributed by atoms with Gasteiger partial charge in [-0.05, 0) is 61.3 Å². The zero-order valence-electron chi connectivity index (χ0n) is 16.9. The average Bonchev–Trinajstić information content (AvgIpc) is 2.73. The van der Waals surface area contributed by atoms with E-state index in [9.17, 15) is 13.2 Å². The van der Waals surface area contributed by atoms with Crippen LogP contribution in [0.15, 0.2) is 24.4 Å². The van der Waals surface area contributed by atoms with Gasteiger partial charge in [0, 0.05) is 40.6 Å². The number of nitrogens with one attached hydrogen (secondary N) is 1. The minimum atomic E-state index is -3.05. The van der Waals surface area contributed by atoms with Crippen molar-refractivity contribution in [3.63, 3.8) is 0 Å². The summed E-state index contributed by atoms with van der Waals surface area (Å²) in [6.07, 6.45) is 5.96. The smallest absolute Gasteiger partial charge is 0.255 e. The number of nitrogens with zero attached hydrogens (tertiary/aromatic N) is 2. The van der Waals surface area contributed by atoms with Crippen molar-refractivity contribution in [3.8, 4) is 0 Å². The molecule has 1 aliphatic heterocycles. The summed E-state index contributed by atoms with van der Waals surface area (Å²) in [5.74, 6) is 1.38. The summed E-state index contributed by atoms with van der Waals surface area (Å²) < 4.78 is 23.6. The van der Waals surface area contributed by atoms with Gasteiger partial charge >= 0.3 is 0 Å². The third kappa shape index (κ3) is 4.03. The Morgan fingerprint density at radius 2 is 1.55 bits per heavy atom. The van der Waals surface area contributed by atoms with Crippen molar-refractivity contribution in [2.45, 2.75) is 37.5 Å². The fourth-order valence-corrected chi connectivity index (χ4v) is 6.91. The van der Waals surface area contributed by atoms with Crippen LogP contribution in [0.25, 0.3) is 0 Å². The zero-order valence-corrected chi connectivity index (χ0v) is 19.2. The van der Waals surface area contributed by atoms with Crippen LogP contribution in [0, 0.1) is 0 Å². The number of anilines is 2. The van der Waals surface area contributed by atoms with Crippen molar-refractivity contribution in [2.75, 3.05) is 29.9 Å². The van der Waals surface area contributed by atoms with E-state index in [4.69, 9.17) is 23.2 Å².